The monoisotopic (exact) mass is 409 g/mol. The standard InChI is InChI=1S/C18H10F3NO3S2/c19-18(20,21)11-5-7-12(8-6-11)22-15(23)14(27-17(22)26)9-10-3-1-2-4-13(10)16(24)25/h1-9H,(H,24,25). The molecule has 1 aliphatic rings. The van der Waals surface area contributed by atoms with Crippen LogP contribution in [0, 0.1) is 0 Å². The Kier molecular flexibility index (Phi) is 5.07. The van der Waals surface area contributed by atoms with Gasteiger partial charge in [0.15, 0.2) is 4.32 Å². The van der Waals surface area contributed by atoms with Crippen molar-refractivity contribution >= 4 is 51.9 Å². The quantitative estimate of drug-likeness (QED) is 0.583. The van der Waals surface area contributed by atoms with E-state index in [2.05, 4.69) is 0 Å². The SMILES string of the molecule is O=C(O)c1ccccc1C=C1SC(=S)N(c2ccc(C(F)(F)F)cc2)C1=O. The Morgan fingerprint density at radius 3 is 2.33 bits per heavy atom. The molecule has 0 atom stereocenters. The zero-order valence-electron chi connectivity index (χ0n) is 13.4. The number of carbonyl (C=O) groups excluding carboxylic acids is 1. The number of carboxylic acids is 1. The third-order valence-electron chi connectivity index (χ3n) is 3.72. The maximum Gasteiger partial charge on any atom is 0.416 e. The molecule has 1 aliphatic heterocycles. The van der Waals surface area contributed by atoms with Crippen LogP contribution < -0.4 is 4.90 Å². The lowest BCUT2D eigenvalue weighted by Gasteiger charge is -2.15. The molecule has 1 saturated heterocycles. The van der Waals surface area contributed by atoms with Crippen molar-refractivity contribution < 1.29 is 27.9 Å². The topological polar surface area (TPSA) is 57.6 Å². The van der Waals surface area contributed by atoms with Crippen molar-refractivity contribution in [2.75, 3.05) is 4.90 Å². The highest BCUT2D eigenvalue weighted by Gasteiger charge is 2.35. The fraction of sp³-hybridized carbons (Fsp3) is 0.0556. The first-order chi connectivity index (χ1) is 12.7. The van der Waals surface area contributed by atoms with Gasteiger partial charge in [0.1, 0.15) is 0 Å². The van der Waals surface area contributed by atoms with E-state index in [1.807, 2.05) is 0 Å². The fourth-order valence-corrected chi connectivity index (χ4v) is 3.74. The van der Waals surface area contributed by atoms with E-state index in [0.29, 0.717) is 5.56 Å². The van der Waals surface area contributed by atoms with Gasteiger partial charge in [-0.05, 0) is 42.0 Å². The second kappa shape index (κ2) is 7.16. The summed E-state index contributed by atoms with van der Waals surface area (Å²) >= 11 is 6.13. The molecule has 0 bridgehead atoms. The lowest BCUT2D eigenvalue weighted by atomic mass is 10.1. The van der Waals surface area contributed by atoms with Crippen molar-refractivity contribution in [2.24, 2.45) is 0 Å². The zero-order valence-corrected chi connectivity index (χ0v) is 15.0. The van der Waals surface area contributed by atoms with Crippen LogP contribution in [0.4, 0.5) is 18.9 Å². The van der Waals surface area contributed by atoms with Gasteiger partial charge >= 0.3 is 12.1 Å². The number of amides is 1. The molecule has 1 amide bonds. The second-order valence-corrected chi connectivity index (χ2v) is 7.13. The molecule has 0 radical (unpaired) electrons. The van der Waals surface area contributed by atoms with E-state index in [4.69, 9.17) is 12.2 Å². The van der Waals surface area contributed by atoms with Crippen LogP contribution >= 0.6 is 24.0 Å². The summed E-state index contributed by atoms with van der Waals surface area (Å²) in [6.07, 6.45) is -3.07. The van der Waals surface area contributed by atoms with E-state index < -0.39 is 23.6 Å². The minimum Gasteiger partial charge on any atom is -0.478 e. The molecular formula is C18H10F3NO3S2. The van der Waals surface area contributed by atoms with Gasteiger partial charge in [0.2, 0.25) is 0 Å². The van der Waals surface area contributed by atoms with Gasteiger partial charge in [0.05, 0.1) is 21.7 Å². The molecule has 0 saturated carbocycles. The van der Waals surface area contributed by atoms with Crippen molar-refractivity contribution in [3.63, 3.8) is 0 Å². The fourth-order valence-electron chi connectivity index (χ4n) is 2.45. The number of thiocarbonyl (C=S) groups is 1. The second-order valence-electron chi connectivity index (χ2n) is 5.45. The van der Waals surface area contributed by atoms with Crippen molar-refractivity contribution in [3.8, 4) is 0 Å². The largest absolute Gasteiger partial charge is 0.478 e. The molecule has 1 N–H and O–H groups in total. The predicted molar refractivity (Wildman–Crippen MR) is 100 cm³/mol. The molecule has 4 nitrogen and oxygen atoms in total. The van der Waals surface area contributed by atoms with E-state index in [-0.39, 0.29) is 20.5 Å². The third-order valence-corrected chi connectivity index (χ3v) is 5.03. The Morgan fingerprint density at radius 1 is 1.11 bits per heavy atom. The summed E-state index contributed by atoms with van der Waals surface area (Å²) in [5, 5.41) is 9.23. The highest BCUT2D eigenvalue weighted by atomic mass is 32.2. The van der Waals surface area contributed by atoms with Crippen LogP contribution in [0.2, 0.25) is 0 Å². The molecule has 0 unspecified atom stereocenters. The smallest absolute Gasteiger partial charge is 0.416 e. The van der Waals surface area contributed by atoms with Gasteiger partial charge in [-0.25, -0.2) is 4.79 Å². The summed E-state index contributed by atoms with van der Waals surface area (Å²) in [7, 11) is 0. The Bertz CT molecular complexity index is 969. The van der Waals surface area contributed by atoms with Crippen LogP contribution in [-0.2, 0) is 11.0 Å². The molecule has 138 valence electrons. The van der Waals surface area contributed by atoms with E-state index >= 15 is 0 Å². The average Bonchev–Trinajstić information content (AvgIpc) is 2.88. The predicted octanol–water partition coefficient (Wildman–Crippen LogP) is 4.81. The van der Waals surface area contributed by atoms with E-state index in [9.17, 15) is 27.9 Å². The number of anilines is 1. The Labute approximate surface area is 161 Å². The van der Waals surface area contributed by atoms with Gasteiger partial charge in [-0.2, -0.15) is 13.2 Å². The molecule has 1 heterocycles. The molecule has 0 aliphatic carbocycles. The number of hydrogen-bond donors (Lipinski definition) is 1. The average molecular weight is 409 g/mol. The summed E-state index contributed by atoms with van der Waals surface area (Å²) < 4.78 is 38.2. The van der Waals surface area contributed by atoms with E-state index in [0.717, 1.165) is 28.8 Å². The molecule has 27 heavy (non-hydrogen) atoms. The molecule has 2 aromatic carbocycles. The Balaban J connectivity index is 1.93. The number of aromatic carboxylic acids is 1. The van der Waals surface area contributed by atoms with Crippen LogP contribution in [0.5, 0.6) is 0 Å². The van der Waals surface area contributed by atoms with E-state index in [1.54, 1.807) is 18.2 Å². The maximum atomic E-state index is 12.7. The molecule has 1 fully saturated rings. The minimum absolute atomic E-state index is 0.0253. The number of nitrogens with zero attached hydrogens (tertiary/aromatic N) is 1. The van der Waals surface area contributed by atoms with Crippen LogP contribution in [-0.4, -0.2) is 21.3 Å². The zero-order chi connectivity index (χ0) is 19.8. The number of alkyl halides is 3. The lowest BCUT2D eigenvalue weighted by Crippen LogP contribution is -2.27. The van der Waals surface area contributed by atoms with Gasteiger partial charge in [-0.15, -0.1) is 0 Å². The van der Waals surface area contributed by atoms with Crippen molar-refractivity contribution in [3.05, 3.63) is 70.1 Å². The highest BCUT2D eigenvalue weighted by molar-refractivity contribution is 8.27. The lowest BCUT2D eigenvalue weighted by molar-refractivity contribution is -0.137. The van der Waals surface area contributed by atoms with Crippen molar-refractivity contribution in [1.29, 1.82) is 0 Å². The maximum absolute atomic E-state index is 12.7. The van der Waals surface area contributed by atoms with Crippen LogP contribution in [0.15, 0.2) is 53.4 Å². The highest BCUT2D eigenvalue weighted by Crippen LogP contribution is 2.37. The van der Waals surface area contributed by atoms with Gasteiger partial charge in [-0.1, -0.05) is 42.2 Å². The number of carboxylic acid groups (broad SMARTS) is 1. The van der Waals surface area contributed by atoms with Crippen LogP contribution in [0.25, 0.3) is 6.08 Å². The number of carbonyl (C=O) groups is 2. The molecular weight excluding hydrogens is 399 g/mol. The Hall–Kier alpha value is -2.65. The van der Waals surface area contributed by atoms with Crippen LogP contribution in [0.1, 0.15) is 21.5 Å². The summed E-state index contributed by atoms with van der Waals surface area (Å²) in [5.74, 6) is -1.66. The summed E-state index contributed by atoms with van der Waals surface area (Å²) in [5.41, 5.74) is -0.266. The van der Waals surface area contributed by atoms with Crippen LogP contribution in [0.3, 0.4) is 0 Å². The molecule has 9 heteroatoms. The third kappa shape index (κ3) is 3.88. The minimum atomic E-state index is -4.48. The first-order valence-electron chi connectivity index (χ1n) is 7.46. The van der Waals surface area contributed by atoms with Crippen molar-refractivity contribution in [1.82, 2.24) is 0 Å². The normalized spacial score (nSPS) is 16.3. The summed E-state index contributed by atoms with van der Waals surface area (Å²) in [6.45, 7) is 0. The number of halogens is 3. The first-order valence-corrected chi connectivity index (χ1v) is 8.68. The molecule has 2 aromatic rings. The van der Waals surface area contributed by atoms with Gasteiger partial charge < -0.3 is 5.11 Å². The molecule has 0 aromatic heterocycles. The number of thioether (sulfide) groups is 1. The molecule has 0 spiro atoms. The number of benzene rings is 2. The summed E-state index contributed by atoms with van der Waals surface area (Å²) in [4.78, 5) is 25.3. The summed E-state index contributed by atoms with van der Waals surface area (Å²) in [6, 6.07) is 10.2. The first kappa shape index (κ1) is 19.1. The molecule has 3 rings (SSSR count). The van der Waals surface area contributed by atoms with Gasteiger partial charge in [-0.3, -0.25) is 9.69 Å². The number of hydrogen-bond acceptors (Lipinski definition) is 4. The van der Waals surface area contributed by atoms with Gasteiger partial charge in [0, 0.05) is 0 Å². The van der Waals surface area contributed by atoms with Gasteiger partial charge in [0.25, 0.3) is 5.91 Å². The van der Waals surface area contributed by atoms with E-state index in [1.165, 1.54) is 24.3 Å². The van der Waals surface area contributed by atoms with Crippen molar-refractivity contribution in [2.45, 2.75) is 6.18 Å². The Morgan fingerprint density at radius 2 is 1.74 bits per heavy atom. The number of rotatable bonds is 3.